The highest BCUT2D eigenvalue weighted by Crippen LogP contribution is 2.23. The second-order valence-electron chi connectivity index (χ2n) is 4.21. The number of unbranched alkanes of at least 4 members (excludes halogenated alkanes) is 1. The van der Waals surface area contributed by atoms with Gasteiger partial charge in [0.05, 0.1) is 12.6 Å². The van der Waals surface area contributed by atoms with Gasteiger partial charge < -0.3 is 0 Å². The third-order valence-electron chi connectivity index (χ3n) is 3.02. The molecular formula is C13H22N2O2. The molecule has 2 unspecified atom stereocenters. The number of carbonyl (C=O) groups excluding carboxylic acids is 2. The predicted octanol–water partition coefficient (Wildman–Crippen LogP) is 3.02. The first-order valence-electron chi connectivity index (χ1n) is 6.40. The van der Waals surface area contributed by atoms with Crippen LogP contribution in [0, 0.1) is 5.92 Å². The lowest BCUT2D eigenvalue weighted by Gasteiger charge is -2.21. The van der Waals surface area contributed by atoms with Crippen LogP contribution < -0.4 is 0 Å². The lowest BCUT2D eigenvalue weighted by atomic mass is 9.88. The molecule has 0 spiro atoms. The van der Waals surface area contributed by atoms with E-state index in [1.807, 2.05) is 6.92 Å². The molecular weight excluding hydrogens is 216 g/mol. The van der Waals surface area contributed by atoms with Crippen molar-refractivity contribution < 1.29 is 9.59 Å². The molecule has 17 heavy (non-hydrogen) atoms. The average Bonchev–Trinajstić information content (AvgIpc) is 2.35. The summed E-state index contributed by atoms with van der Waals surface area (Å²) in [6.07, 6.45) is 9.24. The zero-order valence-electron chi connectivity index (χ0n) is 10.8. The first kappa shape index (κ1) is 15.8. The highest BCUT2D eigenvalue weighted by atomic mass is 16.1. The van der Waals surface area contributed by atoms with E-state index in [9.17, 15) is 9.59 Å². The molecule has 4 heteroatoms. The number of isocyanates is 2. The van der Waals surface area contributed by atoms with E-state index in [2.05, 4.69) is 16.9 Å². The van der Waals surface area contributed by atoms with E-state index in [0.29, 0.717) is 12.5 Å². The van der Waals surface area contributed by atoms with Gasteiger partial charge in [0, 0.05) is 0 Å². The zero-order valence-corrected chi connectivity index (χ0v) is 10.8. The van der Waals surface area contributed by atoms with Crippen LogP contribution in [0.25, 0.3) is 0 Å². The van der Waals surface area contributed by atoms with E-state index in [4.69, 9.17) is 0 Å². The normalized spacial score (nSPS) is 13.3. The molecule has 0 saturated carbocycles. The van der Waals surface area contributed by atoms with Crippen LogP contribution in [0.1, 0.15) is 52.4 Å². The Hall–Kier alpha value is -1.24. The van der Waals surface area contributed by atoms with Crippen molar-refractivity contribution in [1.82, 2.24) is 0 Å². The maximum atomic E-state index is 10.4. The SMILES string of the molecule is CCCCC(CCCN=C=O)C(CC)N=C=O. The Bertz CT molecular complexity index is 279. The van der Waals surface area contributed by atoms with Crippen molar-refractivity contribution >= 4 is 12.2 Å². The molecule has 0 radical (unpaired) electrons. The van der Waals surface area contributed by atoms with Gasteiger partial charge in [0.2, 0.25) is 12.2 Å². The second kappa shape index (κ2) is 11.3. The largest absolute Gasteiger partial charge is 0.235 e. The number of rotatable bonds is 10. The van der Waals surface area contributed by atoms with Gasteiger partial charge in [-0.25, -0.2) is 19.6 Å². The Balaban J connectivity index is 4.27. The highest BCUT2D eigenvalue weighted by Gasteiger charge is 2.18. The standard InChI is InChI=1S/C13H22N2O2/c1-3-5-7-12(8-6-9-14-10-16)13(4-2)15-11-17/h12-13H,3-9H2,1-2H3. The molecule has 0 aliphatic heterocycles. The Kier molecular flexibility index (Phi) is 10.4. The van der Waals surface area contributed by atoms with Crippen LogP contribution >= 0.6 is 0 Å². The molecule has 0 bridgehead atoms. The fourth-order valence-corrected chi connectivity index (χ4v) is 2.07. The second-order valence-corrected chi connectivity index (χ2v) is 4.21. The van der Waals surface area contributed by atoms with Crippen molar-refractivity contribution in [3.63, 3.8) is 0 Å². The molecule has 0 aromatic carbocycles. The van der Waals surface area contributed by atoms with Crippen molar-refractivity contribution in [2.24, 2.45) is 15.9 Å². The molecule has 4 nitrogen and oxygen atoms in total. The first-order valence-corrected chi connectivity index (χ1v) is 6.40. The molecule has 0 aromatic heterocycles. The van der Waals surface area contributed by atoms with Crippen LogP contribution in [0.15, 0.2) is 9.98 Å². The Morgan fingerprint density at radius 2 is 1.76 bits per heavy atom. The van der Waals surface area contributed by atoms with Gasteiger partial charge in [-0.15, -0.1) is 0 Å². The van der Waals surface area contributed by atoms with E-state index in [1.165, 1.54) is 0 Å². The van der Waals surface area contributed by atoms with E-state index in [-0.39, 0.29) is 6.04 Å². The summed E-state index contributed by atoms with van der Waals surface area (Å²) >= 11 is 0. The molecule has 0 saturated heterocycles. The van der Waals surface area contributed by atoms with E-state index in [1.54, 1.807) is 12.2 Å². The molecule has 0 heterocycles. The molecule has 0 aromatic rings. The van der Waals surface area contributed by atoms with Crippen LogP contribution in [0.3, 0.4) is 0 Å². The minimum atomic E-state index is 0.0688. The predicted molar refractivity (Wildman–Crippen MR) is 67.4 cm³/mol. The molecule has 96 valence electrons. The minimum absolute atomic E-state index is 0.0688. The molecule has 0 aliphatic carbocycles. The maximum absolute atomic E-state index is 10.4. The van der Waals surface area contributed by atoms with Crippen LogP contribution in [-0.4, -0.2) is 24.7 Å². The highest BCUT2D eigenvalue weighted by molar-refractivity contribution is 5.33. The molecule has 0 fully saturated rings. The van der Waals surface area contributed by atoms with Gasteiger partial charge in [-0.05, 0) is 31.6 Å². The summed E-state index contributed by atoms with van der Waals surface area (Å²) in [5.74, 6) is 0.406. The number of nitrogens with zero attached hydrogens (tertiary/aromatic N) is 2. The third-order valence-corrected chi connectivity index (χ3v) is 3.02. The Labute approximate surface area is 103 Å². The van der Waals surface area contributed by atoms with Gasteiger partial charge in [-0.2, -0.15) is 0 Å². The van der Waals surface area contributed by atoms with Crippen LogP contribution in [-0.2, 0) is 9.59 Å². The first-order chi connectivity index (χ1) is 8.29. The summed E-state index contributed by atoms with van der Waals surface area (Å²) in [5, 5.41) is 0. The van der Waals surface area contributed by atoms with Gasteiger partial charge in [0.15, 0.2) is 0 Å². The average molecular weight is 238 g/mol. The topological polar surface area (TPSA) is 58.9 Å². The van der Waals surface area contributed by atoms with E-state index in [0.717, 1.165) is 38.5 Å². The summed E-state index contributed by atoms with van der Waals surface area (Å²) in [5.41, 5.74) is 0. The van der Waals surface area contributed by atoms with E-state index >= 15 is 0 Å². The molecule has 2 atom stereocenters. The molecule has 0 rings (SSSR count). The Morgan fingerprint density at radius 1 is 1.06 bits per heavy atom. The smallest absolute Gasteiger partial charge is 0.211 e. The lowest BCUT2D eigenvalue weighted by molar-refractivity contribution is 0.346. The van der Waals surface area contributed by atoms with Crippen molar-refractivity contribution in [2.75, 3.05) is 6.54 Å². The fourth-order valence-electron chi connectivity index (χ4n) is 2.07. The van der Waals surface area contributed by atoms with Gasteiger partial charge in [0.1, 0.15) is 0 Å². The van der Waals surface area contributed by atoms with Gasteiger partial charge in [-0.3, -0.25) is 0 Å². The number of hydrogen-bond acceptors (Lipinski definition) is 4. The van der Waals surface area contributed by atoms with Crippen LogP contribution in [0.5, 0.6) is 0 Å². The number of hydrogen-bond donors (Lipinski definition) is 0. The van der Waals surface area contributed by atoms with Gasteiger partial charge in [-0.1, -0.05) is 26.7 Å². The van der Waals surface area contributed by atoms with Crippen LogP contribution in [0.2, 0.25) is 0 Å². The summed E-state index contributed by atoms with van der Waals surface area (Å²) in [6.45, 7) is 4.71. The van der Waals surface area contributed by atoms with Crippen LogP contribution in [0.4, 0.5) is 0 Å². The molecule has 0 amide bonds. The van der Waals surface area contributed by atoms with Gasteiger partial charge >= 0.3 is 0 Å². The summed E-state index contributed by atoms with van der Waals surface area (Å²) in [7, 11) is 0. The quantitative estimate of drug-likeness (QED) is 0.333. The van der Waals surface area contributed by atoms with Crippen molar-refractivity contribution in [3.8, 4) is 0 Å². The van der Waals surface area contributed by atoms with E-state index < -0.39 is 0 Å². The summed E-state index contributed by atoms with van der Waals surface area (Å²) in [6, 6.07) is 0.0688. The minimum Gasteiger partial charge on any atom is -0.211 e. The lowest BCUT2D eigenvalue weighted by Crippen LogP contribution is -2.18. The molecule has 0 N–H and O–H groups in total. The van der Waals surface area contributed by atoms with Crippen molar-refractivity contribution in [1.29, 1.82) is 0 Å². The summed E-state index contributed by atoms with van der Waals surface area (Å²) in [4.78, 5) is 27.7. The van der Waals surface area contributed by atoms with Crippen molar-refractivity contribution in [2.45, 2.75) is 58.4 Å². The monoisotopic (exact) mass is 238 g/mol. The fraction of sp³-hybridized carbons (Fsp3) is 0.846. The third kappa shape index (κ3) is 7.62. The van der Waals surface area contributed by atoms with Crippen molar-refractivity contribution in [3.05, 3.63) is 0 Å². The summed E-state index contributed by atoms with van der Waals surface area (Å²) < 4.78 is 0. The maximum Gasteiger partial charge on any atom is 0.235 e. The Morgan fingerprint density at radius 3 is 2.29 bits per heavy atom. The zero-order chi connectivity index (χ0) is 12.9. The molecule has 0 aliphatic rings. The number of aliphatic imine (C=N–C) groups is 2. The van der Waals surface area contributed by atoms with Gasteiger partial charge in [0.25, 0.3) is 0 Å².